The van der Waals surface area contributed by atoms with Crippen LogP contribution < -0.4 is 10.6 Å². The van der Waals surface area contributed by atoms with Gasteiger partial charge in [-0.3, -0.25) is 0 Å². The van der Waals surface area contributed by atoms with Gasteiger partial charge in [-0.15, -0.1) is 0 Å². The molecule has 0 unspecified atom stereocenters. The molecule has 0 aromatic heterocycles. The molecule has 1 aliphatic rings. The zero-order chi connectivity index (χ0) is 14.7. The minimum Gasteiger partial charge on any atom is -0.335 e. The summed E-state index contributed by atoms with van der Waals surface area (Å²) in [6.07, 6.45) is 5.13. The van der Waals surface area contributed by atoms with Gasteiger partial charge in [-0.2, -0.15) is 0 Å². The molecule has 0 saturated carbocycles. The second-order valence-corrected chi connectivity index (χ2v) is 4.41. The van der Waals surface area contributed by atoms with Gasteiger partial charge in [-0.1, -0.05) is 12.2 Å². The van der Waals surface area contributed by atoms with Crippen LogP contribution in [0.2, 0.25) is 0 Å². The van der Waals surface area contributed by atoms with Crippen LogP contribution in [-0.2, 0) is 6.54 Å². The van der Waals surface area contributed by atoms with Crippen molar-refractivity contribution in [2.45, 2.75) is 25.4 Å². The number of amides is 2. The molecule has 20 heavy (non-hydrogen) atoms. The second-order valence-electron chi connectivity index (χ2n) is 4.41. The van der Waals surface area contributed by atoms with Gasteiger partial charge >= 0.3 is 6.03 Å². The first kappa shape index (κ1) is 14.4. The van der Waals surface area contributed by atoms with Gasteiger partial charge in [0.15, 0.2) is 23.3 Å². The predicted molar refractivity (Wildman–Crippen MR) is 63.8 cm³/mol. The second kappa shape index (κ2) is 5.94. The fraction of sp³-hybridized carbons (Fsp3) is 0.308. The Morgan fingerprint density at radius 1 is 1.10 bits per heavy atom. The molecular formula is C13H12F4N2O. The maximum Gasteiger partial charge on any atom is 0.315 e. The average Bonchev–Trinajstić information content (AvgIpc) is 2.89. The standard InChI is InChI=1S/C13H12F4N2O/c14-9-5-10(15)12(17)8(11(9)16)6-18-13(20)19-7-3-1-2-4-7/h1-2,5,7H,3-4,6H2,(H2,18,19,20). The van der Waals surface area contributed by atoms with Crippen LogP contribution >= 0.6 is 0 Å². The van der Waals surface area contributed by atoms with E-state index in [4.69, 9.17) is 0 Å². The molecule has 0 spiro atoms. The summed E-state index contributed by atoms with van der Waals surface area (Å²) in [7, 11) is 0. The van der Waals surface area contributed by atoms with Gasteiger partial charge in [0.05, 0.1) is 6.54 Å². The highest BCUT2D eigenvalue weighted by Gasteiger charge is 2.20. The molecule has 0 heterocycles. The van der Waals surface area contributed by atoms with Gasteiger partial charge in [0, 0.05) is 17.7 Å². The van der Waals surface area contributed by atoms with E-state index in [0.717, 1.165) is 0 Å². The average molecular weight is 288 g/mol. The molecule has 0 radical (unpaired) electrons. The number of halogens is 4. The van der Waals surface area contributed by atoms with Gasteiger partial charge in [-0.25, -0.2) is 22.4 Å². The molecule has 0 fully saturated rings. The summed E-state index contributed by atoms with van der Waals surface area (Å²) in [5, 5.41) is 4.74. The van der Waals surface area contributed by atoms with Crippen LogP contribution in [0.25, 0.3) is 0 Å². The molecule has 0 bridgehead atoms. The molecule has 0 atom stereocenters. The van der Waals surface area contributed by atoms with Gasteiger partial charge in [0.1, 0.15) is 0 Å². The molecule has 0 aliphatic heterocycles. The van der Waals surface area contributed by atoms with Gasteiger partial charge in [-0.05, 0) is 12.8 Å². The third-order valence-electron chi connectivity index (χ3n) is 2.97. The van der Waals surface area contributed by atoms with Crippen molar-refractivity contribution in [1.82, 2.24) is 10.6 Å². The lowest BCUT2D eigenvalue weighted by Crippen LogP contribution is -2.41. The van der Waals surface area contributed by atoms with E-state index >= 15 is 0 Å². The molecule has 1 aromatic carbocycles. The lowest BCUT2D eigenvalue weighted by molar-refractivity contribution is 0.236. The maximum atomic E-state index is 13.3. The molecule has 1 aromatic rings. The highest BCUT2D eigenvalue weighted by molar-refractivity contribution is 5.74. The van der Waals surface area contributed by atoms with Crippen LogP contribution in [0, 0.1) is 23.3 Å². The molecule has 1 aliphatic carbocycles. The zero-order valence-electron chi connectivity index (χ0n) is 10.4. The number of rotatable bonds is 3. The van der Waals surface area contributed by atoms with E-state index in [9.17, 15) is 22.4 Å². The SMILES string of the molecule is O=C(NCc1c(F)c(F)cc(F)c1F)NC1CC=CC1. The highest BCUT2D eigenvalue weighted by atomic mass is 19.2. The van der Waals surface area contributed by atoms with Crippen molar-refractivity contribution >= 4 is 6.03 Å². The van der Waals surface area contributed by atoms with Crippen LogP contribution in [0.3, 0.4) is 0 Å². The van der Waals surface area contributed by atoms with Crippen LogP contribution in [0.1, 0.15) is 18.4 Å². The summed E-state index contributed by atoms with van der Waals surface area (Å²) >= 11 is 0. The van der Waals surface area contributed by atoms with Crippen molar-refractivity contribution in [2.24, 2.45) is 0 Å². The van der Waals surface area contributed by atoms with Crippen molar-refractivity contribution in [3.63, 3.8) is 0 Å². The lowest BCUT2D eigenvalue weighted by Gasteiger charge is -2.13. The molecule has 0 saturated heterocycles. The summed E-state index contributed by atoms with van der Waals surface area (Å²) in [6, 6.07) is -0.602. The zero-order valence-corrected chi connectivity index (χ0v) is 10.4. The fourth-order valence-corrected chi connectivity index (χ4v) is 1.92. The molecule has 3 nitrogen and oxygen atoms in total. The van der Waals surface area contributed by atoms with E-state index in [1.807, 2.05) is 12.2 Å². The summed E-state index contributed by atoms with van der Waals surface area (Å²) < 4.78 is 52.6. The van der Waals surface area contributed by atoms with E-state index in [0.29, 0.717) is 12.8 Å². The Morgan fingerprint density at radius 2 is 1.65 bits per heavy atom. The molecule has 2 rings (SSSR count). The van der Waals surface area contributed by atoms with E-state index in [1.54, 1.807) is 0 Å². The van der Waals surface area contributed by atoms with Crippen LogP contribution in [0.15, 0.2) is 18.2 Å². The number of urea groups is 1. The van der Waals surface area contributed by atoms with E-state index in [1.165, 1.54) is 0 Å². The number of nitrogens with one attached hydrogen (secondary N) is 2. The lowest BCUT2D eigenvalue weighted by atomic mass is 10.2. The summed E-state index contributed by atoms with van der Waals surface area (Å²) in [6.45, 7) is -0.641. The van der Waals surface area contributed by atoms with Crippen molar-refractivity contribution in [1.29, 1.82) is 0 Å². The maximum absolute atomic E-state index is 13.3. The van der Waals surface area contributed by atoms with Crippen molar-refractivity contribution in [2.75, 3.05) is 0 Å². The molecule has 108 valence electrons. The summed E-state index contributed by atoms with van der Waals surface area (Å²) in [4.78, 5) is 11.5. The minimum atomic E-state index is -1.51. The first-order valence-corrected chi connectivity index (χ1v) is 6.00. The first-order chi connectivity index (χ1) is 9.49. The number of hydrogen-bond acceptors (Lipinski definition) is 1. The van der Waals surface area contributed by atoms with Crippen LogP contribution in [0.4, 0.5) is 22.4 Å². The third-order valence-corrected chi connectivity index (χ3v) is 2.97. The Hall–Kier alpha value is -2.05. The quantitative estimate of drug-likeness (QED) is 0.501. The molecule has 2 amide bonds. The van der Waals surface area contributed by atoms with E-state index in [-0.39, 0.29) is 12.1 Å². The van der Waals surface area contributed by atoms with Gasteiger partial charge < -0.3 is 10.6 Å². The van der Waals surface area contributed by atoms with Gasteiger partial charge in [0.25, 0.3) is 0 Å². The van der Waals surface area contributed by atoms with E-state index in [2.05, 4.69) is 10.6 Å². The number of carbonyl (C=O) groups excluding carboxylic acids is 1. The Balaban J connectivity index is 1.98. The normalized spacial score (nSPS) is 14.6. The molecule has 7 heteroatoms. The number of hydrogen-bond donors (Lipinski definition) is 2. The number of benzene rings is 1. The van der Waals surface area contributed by atoms with Crippen molar-refractivity contribution in [3.8, 4) is 0 Å². The topological polar surface area (TPSA) is 41.1 Å². The van der Waals surface area contributed by atoms with E-state index < -0.39 is 41.4 Å². The summed E-state index contributed by atoms with van der Waals surface area (Å²) in [5.41, 5.74) is -0.845. The largest absolute Gasteiger partial charge is 0.335 e. The summed E-state index contributed by atoms with van der Waals surface area (Å²) in [5.74, 6) is -6.01. The Labute approximate surface area is 112 Å². The Bertz CT molecular complexity index is 526. The van der Waals surface area contributed by atoms with Crippen molar-refractivity contribution in [3.05, 3.63) is 47.1 Å². The fourth-order valence-electron chi connectivity index (χ4n) is 1.92. The monoisotopic (exact) mass is 288 g/mol. The highest BCUT2D eigenvalue weighted by Crippen LogP contribution is 2.19. The third kappa shape index (κ3) is 3.09. The Morgan fingerprint density at radius 3 is 2.20 bits per heavy atom. The smallest absolute Gasteiger partial charge is 0.315 e. The van der Waals surface area contributed by atoms with Crippen LogP contribution in [0.5, 0.6) is 0 Å². The van der Waals surface area contributed by atoms with Crippen LogP contribution in [-0.4, -0.2) is 12.1 Å². The predicted octanol–water partition coefficient (Wildman–Crippen LogP) is 2.76. The van der Waals surface area contributed by atoms with Gasteiger partial charge in [0.2, 0.25) is 0 Å². The number of carbonyl (C=O) groups is 1. The van der Waals surface area contributed by atoms with Crippen molar-refractivity contribution < 1.29 is 22.4 Å². The first-order valence-electron chi connectivity index (χ1n) is 6.00. The Kier molecular flexibility index (Phi) is 4.26. The molecular weight excluding hydrogens is 276 g/mol. The minimum absolute atomic E-state index is 0.0751. The molecule has 2 N–H and O–H groups in total.